The van der Waals surface area contributed by atoms with Crippen LogP contribution in [0.25, 0.3) is 0 Å². The molecule has 1 aromatic carbocycles. The van der Waals surface area contributed by atoms with E-state index >= 15 is 0 Å². The van der Waals surface area contributed by atoms with E-state index in [0.29, 0.717) is 11.5 Å². The Balaban J connectivity index is 1.89. The van der Waals surface area contributed by atoms with E-state index in [2.05, 4.69) is 19.9 Å². The van der Waals surface area contributed by atoms with Gasteiger partial charge in [0.1, 0.15) is 5.82 Å². The van der Waals surface area contributed by atoms with Gasteiger partial charge >= 0.3 is 0 Å². The van der Waals surface area contributed by atoms with E-state index in [1.54, 1.807) is 18.3 Å². The van der Waals surface area contributed by atoms with Crippen molar-refractivity contribution in [1.82, 2.24) is 9.71 Å². The third-order valence-corrected chi connectivity index (χ3v) is 5.86. The van der Waals surface area contributed by atoms with E-state index in [1.165, 1.54) is 7.05 Å². The first kappa shape index (κ1) is 19.2. The van der Waals surface area contributed by atoms with Gasteiger partial charge in [-0.3, -0.25) is 4.79 Å². The first-order valence-electron chi connectivity index (χ1n) is 8.67. The molecule has 0 saturated carbocycles. The number of anilines is 2. The van der Waals surface area contributed by atoms with Crippen LogP contribution in [0.1, 0.15) is 29.6 Å². The van der Waals surface area contributed by atoms with E-state index in [4.69, 9.17) is 0 Å². The highest BCUT2D eigenvalue weighted by Gasteiger charge is 2.21. The van der Waals surface area contributed by atoms with Crippen molar-refractivity contribution >= 4 is 27.4 Å². The third-order valence-electron chi connectivity index (χ3n) is 4.45. The van der Waals surface area contributed by atoms with Crippen molar-refractivity contribution in [3.8, 4) is 0 Å². The monoisotopic (exact) mass is 392 g/mol. The lowest BCUT2D eigenvalue weighted by Crippen LogP contribution is -2.31. The zero-order valence-corrected chi connectivity index (χ0v) is 15.7. The maximum absolute atomic E-state index is 14.2. The number of piperidine rings is 1. The molecule has 2 heterocycles. The number of pyridine rings is 1. The summed E-state index contributed by atoms with van der Waals surface area (Å²) in [6, 6.07) is 6.48. The summed E-state index contributed by atoms with van der Waals surface area (Å²) < 4.78 is 40.2. The lowest BCUT2D eigenvalue weighted by molar-refractivity contribution is 0.102. The van der Waals surface area contributed by atoms with Crippen LogP contribution >= 0.6 is 0 Å². The van der Waals surface area contributed by atoms with E-state index in [1.807, 2.05) is 0 Å². The second kappa shape index (κ2) is 8.01. The van der Waals surface area contributed by atoms with Gasteiger partial charge in [0, 0.05) is 19.3 Å². The second-order valence-electron chi connectivity index (χ2n) is 6.23. The molecule has 0 spiro atoms. The molecule has 9 heteroatoms. The van der Waals surface area contributed by atoms with Crippen molar-refractivity contribution in [3.05, 3.63) is 47.9 Å². The summed E-state index contributed by atoms with van der Waals surface area (Å²) in [6.45, 7) is 1.67. The van der Waals surface area contributed by atoms with Gasteiger partial charge in [0.2, 0.25) is 10.0 Å². The Morgan fingerprint density at radius 2 is 1.93 bits per heavy atom. The minimum atomic E-state index is -3.79. The number of carbonyl (C=O) groups is 1. The minimum Gasteiger partial charge on any atom is -0.355 e. The summed E-state index contributed by atoms with van der Waals surface area (Å²) in [4.78, 5) is 18.9. The zero-order chi connectivity index (χ0) is 19.4. The van der Waals surface area contributed by atoms with Gasteiger partial charge in [-0.2, -0.15) is 0 Å². The Hall–Kier alpha value is -2.52. The summed E-state index contributed by atoms with van der Waals surface area (Å²) >= 11 is 0. The Morgan fingerprint density at radius 3 is 2.63 bits per heavy atom. The Morgan fingerprint density at radius 1 is 1.19 bits per heavy atom. The van der Waals surface area contributed by atoms with Crippen molar-refractivity contribution in [3.63, 3.8) is 0 Å². The van der Waals surface area contributed by atoms with Crippen LogP contribution in [0.4, 0.5) is 15.9 Å². The summed E-state index contributed by atoms with van der Waals surface area (Å²) in [5.74, 6) is -0.900. The van der Waals surface area contributed by atoms with Crippen LogP contribution < -0.4 is 14.9 Å². The molecule has 0 radical (unpaired) electrons. The van der Waals surface area contributed by atoms with Crippen molar-refractivity contribution in [2.24, 2.45) is 0 Å². The number of aromatic nitrogens is 1. The maximum Gasteiger partial charge on any atom is 0.258 e. The van der Waals surface area contributed by atoms with Crippen LogP contribution in [0.15, 0.2) is 41.4 Å². The normalized spacial score (nSPS) is 14.8. The third kappa shape index (κ3) is 4.25. The van der Waals surface area contributed by atoms with Gasteiger partial charge < -0.3 is 10.2 Å². The molecule has 1 saturated heterocycles. The molecule has 0 bridgehead atoms. The van der Waals surface area contributed by atoms with Gasteiger partial charge in [0.15, 0.2) is 5.82 Å². The minimum absolute atomic E-state index is 0.181. The van der Waals surface area contributed by atoms with Crippen molar-refractivity contribution in [2.75, 3.05) is 30.4 Å². The van der Waals surface area contributed by atoms with Crippen LogP contribution in [0, 0.1) is 5.82 Å². The van der Waals surface area contributed by atoms with Crippen molar-refractivity contribution in [1.29, 1.82) is 0 Å². The van der Waals surface area contributed by atoms with Gasteiger partial charge in [0.25, 0.3) is 5.91 Å². The molecule has 144 valence electrons. The number of benzene rings is 1. The van der Waals surface area contributed by atoms with Gasteiger partial charge in [0.05, 0.1) is 16.1 Å². The number of hydrogen-bond acceptors (Lipinski definition) is 5. The van der Waals surface area contributed by atoms with E-state index in [0.717, 1.165) is 50.6 Å². The van der Waals surface area contributed by atoms with Crippen LogP contribution in [0.2, 0.25) is 0 Å². The van der Waals surface area contributed by atoms with E-state index < -0.39 is 21.7 Å². The molecule has 1 amide bonds. The van der Waals surface area contributed by atoms with Gasteiger partial charge in [-0.25, -0.2) is 22.5 Å². The summed E-state index contributed by atoms with van der Waals surface area (Å²) in [7, 11) is -2.54. The quantitative estimate of drug-likeness (QED) is 0.815. The van der Waals surface area contributed by atoms with E-state index in [9.17, 15) is 17.6 Å². The summed E-state index contributed by atoms with van der Waals surface area (Å²) in [5, 5.41) is 2.66. The van der Waals surface area contributed by atoms with Crippen LogP contribution in [0.3, 0.4) is 0 Å². The molecular weight excluding hydrogens is 371 g/mol. The number of halogens is 1. The molecule has 27 heavy (non-hydrogen) atoms. The molecule has 1 aromatic heterocycles. The number of nitrogens with one attached hydrogen (secondary N) is 2. The van der Waals surface area contributed by atoms with Crippen LogP contribution in [-0.4, -0.2) is 39.4 Å². The Labute approximate surface area is 157 Å². The predicted octanol–water partition coefficient (Wildman–Crippen LogP) is 2.37. The fourth-order valence-electron chi connectivity index (χ4n) is 3.01. The molecule has 3 rings (SSSR count). The topological polar surface area (TPSA) is 91.4 Å². The zero-order valence-electron chi connectivity index (χ0n) is 14.9. The molecule has 0 aliphatic carbocycles. The fraction of sp³-hybridized carbons (Fsp3) is 0.333. The molecular formula is C18H21FN4O3S. The van der Waals surface area contributed by atoms with Crippen molar-refractivity contribution < 1.29 is 17.6 Å². The molecule has 0 unspecified atom stereocenters. The number of sulfonamides is 1. The molecule has 7 nitrogen and oxygen atoms in total. The van der Waals surface area contributed by atoms with Crippen molar-refractivity contribution in [2.45, 2.75) is 24.2 Å². The summed E-state index contributed by atoms with van der Waals surface area (Å²) in [6.07, 6.45) is 4.88. The number of rotatable bonds is 5. The highest BCUT2D eigenvalue weighted by Crippen LogP contribution is 2.26. The largest absolute Gasteiger partial charge is 0.355 e. The molecule has 1 aliphatic rings. The fourth-order valence-corrected chi connectivity index (χ4v) is 3.76. The molecule has 2 N–H and O–H groups in total. The number of hydrogen-bond donors (Lipinski definition) is 2. The highest BCUT2D eigenvalue weighted by molar-refractivity contribution is 7.89. The number of amides is 1. The molecule has 2 aromatic rings. The molecule has 1 fully saturated rings. The maximum atomic E-state index is 14.2. The highest BCUT2D eigenvalue weighted by atomic mass is 32.2. The van der Waals surface area contributed by atoms with Gasteiger partial charge in [-0.05, 0) is 56.6 Å². The predicted molar refractivity (Wildman–Crippen MR) is 101 cm³/mol. The average Bonchev–Trinajstić information content (AvgIpc) is 2.69. The first-order chi connectivity index (χ1) is 12.9. The first-order valence-corrected chi connectivity index (χ1v) is 10.1. The van der Waals surface area contributed by atoms with E-state index in [-0.39, 0.29) is 10.5 Å². The Bertz CT molecular complexity index is 943. The second-order valence-corrected chi connectivity index (χ2v) is 8.11. The Kier molecular flexibility index (Phi) is 5.71. The lowest BCUT2D eigenvalue weighted by Gasteiger charge is -2.29. The summed E-state index contributed by atoms with van der Waals surface area (Å²) in [5.41, 5.74) is 0.116. The molecule has 0 atom stereocenters. The van der Waals surface area contributed by atoms with Crippen LogP contribution in [-0.2, 0) is 10.0 Å². The SMILES string of the molecule is CNS(=O)(=O)c1ccc(F)c(C(=O)Nc2cccnc2N2CCCCC2)c1. The number of nitrogens with zero attached hydrogens (tertiary/aromatic N) is 2. The van der Waals surface area contributed by atoms with Gasteiger partial charge in [-0.1, -0.05) is 0 Å². The average molecular weight is 392 g/mol. The van der Waals surface area contributed by atoms with Gasteiger partial charge in [-0.15, -0.1) is 0 Å². The number of carbonyl (C=O) groups excluding carboxylic acids is 1. The molecule has 1 aliphatic heterocycles. The van der Waals surface area contributed by atoms with Crippen LogP contribution in [0.5, 0.6) is 0 Å². The standard InChI is InChI=1S/C18H21FN4O3S/c1-20-27(25,26)13-7-8-15(19)14(12-13)18(24)22-16-6-5-9-21-17(16)23-10-3-2-4-11-23/h5-9,12,20H,2-4,10-11H2,1H3,(H,22,24). The smallest absolute Gasteiger partial charge is 0.258 e. The lowest BCUT2D eigenvalue weighted by atomic mass is 10.1.